The molecule has 0 radical (unpaired) electrons. The van der Waals surface area contributed by atoms with Crippen LogP contribution in [0, 0.1) is 0 Å². The first-order chi connectivity index (χ1) is 12.4. The number of ketones is 2. The second-order valence-electron chi connectivity index (χ2n) is 5.53. The summed E-state index contributed by atoms with van der Waals surface area (Å²) >= 11 is 0. The van der Waals surface area contributed by atoms with Gasteiger partial charge in [-0.1, -0.05) is 0 Å². The Morgan fingerprint density at radius 2 is 1.46 bits per heavy atom. The van der Waals surface area contributed by atoms with Gasteiger partial charge in [-0.25, -0.2) is 0 Å². The Hall–Kier alpha value is -3.35. The topological polar surface area (TPSA) is 88.1 Å². The molecule has 2 aromatic carbocycles. The van der Waals surface area contributed by atoms with Gasteiger partial charge in [0.1, 0.15) is 5.75 Å². The number of carbonyl (C=O) groups is 3. The fraction of sp³-hybridized carbons (Fsp3) is 0.211. The van der Waals surface area contributed by atoms with Crippen molar-refractivity contribution >= 4 is 17.5 Å². The second kappa shape index (κ2) is 6.51. The molecule has 0 heterocycles. The van der Waals surface area contributed by atoms with E-state index in [4.69, 9.17) is 18.9 Å². The molecule has 0 fully saturated rings. The van der Waals surface area contributed by atoms with Crippen LogP contribution in [0.5, 0.6) is 23.0 Å². The maximum Gasteiger partial charge on any atom is 0.308 e. The molecule has 7 heteroatoms. The summed E-state index contributed by atoms with van der Waals surface area (Å²) in [6.45, 7) is 1.22. The van der Waals surface area contributed by atoms with Gasteiger partial charge < -0.3 is 18.9 Å². The van der Waals surface area contributed by atoms with Gasteiger partial charge >= 0.3 is 5.97 Å². The third-order valence-corrected chi connectivity index (χ3v) is 4.06. The molecule has 0 saturated heterocycles. The minimum atomic E-state index is -0.727. The number of ether oxygens (including phenoxy) is 4. The fourth-order valence-electron chi connectivity index (χ4n) is 2.98. The highest BCUT2D eigenvalue weighted by Gasteiger charge is 2.36. The standard InChI is InChI=1S/C19H16O7/c1-9(20)26-14-8-13-15(19(25-4)18(14)24-3)11-6-5-10(23-2)7-12(11)16(21)17(13)22/h5-8H,1-4H3. The first-order valence-corrected chi connectivity index (χ1v) is 7.67. The van der Waals surface area contributed by atoms with Crippen LogP contribution in [0.1, 0.15) is 27.6 Å². The lowest BCUT2D eigenvalue weighted by atomic mass is 9.83. The van der Waals surface area contributed by atoms with E-state index in [1.54, 1.807) is 12.1 Å². The Bertz CT molecular complexity index is 943. The molecule has 7 nitrogen and oxygen atoms in total. The smallest absolute Gasteiger partial charge is 0.308 e. The molecule has 134 valence electrons. The van der Waals surface area contributed by atoms with Crippen LogP contribution >= 0.6 is 0 Å². The molecule has 0 saturated carbocycles. The summed E-state index contributed by atoms with van der Waals surface area (Å²) in [5.41, 5.74) is 1.21. The SMILES string of the molecule is COc1ccc2c(c1)C(=O)C(=O)c1cc(OC(C)=O)c(OC)c(OC)c1-2. The van der Waals surface area contributed by atoms with E-state index in [0.717, 1.165) is 0 Å². The zero-order valence-corrected chi connectivity index (χ0v) is 14.7. The van der Waals surface area contributed by atoms with Gasteiger partial charge in [0, 0.05) is 23.6 Å². The number of fused-ring (bicyclic) bond motifs is 3. The number of esters is 1. The van der Waals surface area contributed by atoms with Gasteiger partial charge in [0.05, 0.1) is 21.3 Å². The van der Waals surface area contributed by atoms with E-state index in [9.17, 15) is 14.4 Å². The number of hydrogen-bond acceptors (Lipinski definition) is 7. The molecule has 0 unspecified atom stereocenters. The molecule has 2 aromatic rings. The van der Waals surface area contributed by atoms with Crippen molar-refractivity contribution in [2.45, 2.75) is 6.92 Å². The summed E-state index contributed by atoms with van der Waals surface area (Å²) in [7, 11) is 4.27. The van der Waals surface area contributed by atoms with E-state index in [2.05, 4.69) is 0 Å². The van der Waals surface area contributed by atoms with Gasteiger partial charge in [-0.2, -0.15) is 0 Å². The quantitative estimate of drug-likeness (QED) is 0.473. The average molecular weight is 356 g/mol. The summed E-state index contributed by atoms with van der Waals surface area (Å²) in [5.74, 6) is -1.17. The minimum Gasteiger partial charge on any atom is -0.497 e. The number of methoxy groups -OCH3 is 3. The van der Waals surface area contributed by atoms with Gasteiger partial charge in [0.15, 0.2) is 11.5 Å². The second-order valence-corrected chi connectivity index (χ2v) is 5.53. The molecule has 0 atom stereocenters. The molecule has 0 spiro atoms. The fourth-order valence-corrected chi connectivity index (χ4v) is 2.98. The highest BCUT2D eigenvalue weighted by Crippen LogP contribution is 2.50. The highest BCUT2D eigenvalue weighted by atomic mass is 16.6. The van der Waals surface area contributed by atoms with Crippen molar-refractivity contribution in [2.24, 2.45) is 0 Å². The van der Waals surface area contributed by atoms with Crippen molar-refractivity contribution in [1.82, 2.24) is 0 Å². The van der Waals surface area contributed by atoms with E-state index in [1.807, 2.05) is 0 Å². The Labute approximate surface area is 149 Å². The first kappa shape index (κ1) is 17.5. The van der Waals surface area contributed by atoms with Gasteiger partial charge in [-0.3, -0.25) is 14.4 Å². The molecule has 0 aromatic heterocycles. The lowest BCUT2D eigenvalue weighted by Crippen LogP contribution is -2.22. The summed E-state index contributed by atoms with van der Waals surface area (Å²) in [6.07, 6.45) is 0. The highest BCUT2D eigenvalue weighted by molar-refractivity contribution is 6.53. The molecule has 26 heavy (non-hydrogen) atoms. The van der Waals surface area contributed by atoms with Crippen LogP contribution in [0.2, 0.25) is 0 Å². The molecule has 0 aliphatic heterocycles. The minimum absolute atomic E-state index is 0.00807. The van der Waals surface area contributed by atoms with Crippen molar-refractivity contribution < 1.29 is 33.3 Å². The Morgan fingerprint density at radius 1 is 0.808 bits per heavy atom. The summed E-state index contributed by atoms with van der Waals surface area (Å²) in [5, 5.41) is 0. The molecule has 0 N–H and O–H groups in total. The predicted octanol–water partition coefficient (Wildman–Crippen LogP) is 2.68. The van der Waals surface area contributed by atoms with Crippen molar-refractivity contribution in [3.8, 4) is 34.1 Å². The molecule has 3 rings (SSSR count). The average Bonchev–Trinajstić information content (AvgIpc) is 2.64. The van der Waals surface area contributed by atoms with Crippen molar-refractivity contribution in [3.05, 3.63) is 35.4 Å². The monoisotopic (exact) mass is 356 g/mol. The summed E-state index contributed by atoms with van der Waals surface area (Å²) in [6, 6.07) is 6.18. The van der Waals surface area contributed by atoms with Crippen LogP contribution in [0.3, 0.4) is 0 Å². The zero-order chi connectivity index (χ0) is 19.0. The van der Waals surface area contributed by atoms with Gasteiger partial charge in [-0.05, 0) is 29.8 Å². The Morgan fingerprint density at radius 3 is 2.04 bits per heavy atom. The number of benzene rings is 2. The lowest BCUT2D eigenvalue weighted by molar-refractivity contribution is -0.132. The van der Waals surface area contributed by atoms with Gasteiger partial charge in [0.25, 0.3) is 0 Å². The van der Waals surface area contributed by atoms with E-state index < -0.39 is 17.5 Å². The van der Waals surface area contributed by atoms with E-state index in [0.29, 0.717) is 16.9 Å². The van der Waals surface area contributed by atoms with Gasteiger partial charge in [0.2, 0.25) is 17.3 Å². The first-order valence-electron chi connectivity index (χ1n) is 7.67. The van der Waals surface area contributed by atoms with E-state index >= 15 is 0 Å². The Kier molecular flexibility index (Phi) is 4.38. The number of rotatable bonds is 4. The van der Waals surface area contributed by atoms with Crippen molar-refractivity contribution in [3.63, 3.8) is 0 Å². The zero-order valence-electron chi connectivity index (χ0n) is 14.7. The van der Waals surface area contributed by atoms with Crippen molar-refractivity contribution in [1.29, 1.82) is 0 Å². The Balaban J connectivity index is 2.38. The van der Waals surface area contributed by atoms with Crippen LogP contribution in [0.25, 0.3) is 11.1 Å². The summed E-state index contributed by atoms with van der Waals surface area (Å²) in [4.78, 5) is 36.6. The molecule has 1 aliphatic rings. The van der Waals surface area contributed by atoms with Crippen LogP contribution < -0.4 is 18.9 Å². The van der Waals surface area contributed by atoms with Crippen LogP contribution in [0.4, 0.5) is 0 Å². The summed E-state index contributed by atoms with van der Waals surface area (Å²) < 4.78 is 21.0. The van der Waals surface area contributed by atoms with Crippen LogP contribution in [0.15, 0.2) is 24.3 Å². The normalized spacial score (nSPS) is 12.2. The molecular weight excluding hydrogens is 340 g/mol. The maximum atomic E-state index is 12.7. The van der Waals surface area contributed by atoms with E-state index in [-0.39, 0.29) is 28.4 Å². The number of Topliss-reactive ketones (excluding diaryl/α,β-unsaturated/α-hetero) is 2. The lowest BCUT2D eigenvalue weighted by Gasteiger charge is -2.23. The van der Waals surface area contributed by atoms with E-state index in [1.165, 1.54) is 40.4 Å². The predicted molar refractivity (Wildman–Crippen MR) is 91.5 cm³/mol. The molecular formula is C19H16O7. The third-order valence-electron chi connectivity index (χ3n) is 4.06. The van der Waals surface area contributed by atoms with Gasteiger partial charge in [-0.15, -0.1) is 0 Å². The largest absolute Gasteiger partial charge is 0.497 e. The third kappa shape index (κ3) is 2.57. The maximum absolute atomic E-state index is 12.7. The van der Waals surface area contributed by atoms with Crippen LogP contribution in [-0.4, -0.2) is 38.9 Å². The molecule has 0 bridgehead atoms. The molecule has 0 amide bonds. The molecule has 1 aliphatic carbocycles. The van der Waals surface area contributed by atoms with Crippen molar-refractivity contribution in [2.75, 3.05) is 21.3 Å². The number of carbonyl (C=O) groups excluding carboxylic acids is 3. The number of hydrogen-bond donors (Lipinski definition) is 0. The van der Waals surface area contributed by atoms with Crippen LogP contribution in [-0.2, 0) is 4.79 Å².